The van der Waals surface area contributed by atoms with Gasteiger partial charge in [0.05, 0.1) is 13.2 Å². The summed E-state index contributed by atoms with van der Waals surface area (Å²) in [6.45, 7) is 7.56. The average molecular weight is 292 g/mol. The minimum atomic E-state index is -0.0481. The van der Waals surface area contributed by atoms with Gasteiger partial charge in [0.1, 0.15) is 13.2 Å². The molecule has 116 valence electrons. The standard InChI is InChI=1S/C16H24N2O3/c1-16(12-17,18-4-6-19-7-5-18)11-13-2-3-14-15(10-13)21-9-8-20-14/h2-3,10H,4-9,11-12,17H2,1H3. The van der Waals surface area contributed by atoms with Crippen LogP contribution in [0.25, 0.3) is 0 Å². The van der Waals surface area contributed by atoms with E-state index < -0.39 is 0 Å². The predicted molar refractivity (Wildman–Crippen MR) is 81.0 cm³/mol. The minimum absolute atomic E-state index is 0.0481. The smallest absolute Gasteiger partial charge is 0.161 e. The van der Waals surface area contributed by atoms with Gasteiger partial charge in [-0.05, 0) is 31.0 Å². The SMILES string of the molecule is CC(CN)(Cc1ccc2c(c1)OCCO2)N1CCOCC1. The molecule has 2 aliphatic heterocycles. The molecule has 0 saturated carbocycles. The maximum Gasteiger partial charge on any atom is 0.161 e. The van der Waals surface area contributed by atoms with Crippen LogP contribution in [0.4, 0.5) is 0 Å². The Kier molecular flexibility index (Phi) is 4.33. The topological polar surface area (TPSA) is 57.0 Å². The van der Waals surface area contributed by atoms with Crippen LogP contribution in [-0.4, -0.2) is 56.5 Å². The van der Waals surface area contributed by atoms with Gasteiger partial charge in [0.15, 0.2) is 11.5 Å². The van der Waals surface area contributed by atoms with E-state index in [0.717, 1.165) is 44.2 Å². The lowest BCUT2D eigenvalue weighted by Crippen LogP contribution is -2.56. The molecule has 0 spiro atoms. The number of nitrogens with two attached hydrogens (primary N) is 1. The lowest BCUT2D eigenvalue weighted by atomic mass is 9.90. The van der Waals surface area contributed by atoms with Crippen molar-refractivity contribution in [2.75, 3.05) is 46.1 Å². The van der Waals surface area contributed by atoms with Crippen molar-refractivity contribution in [2.45, 2.75) is 18.9 Å². The first-order chi connectivity index (χ1) is 10.2. The van der Waals surface area contributed by atoms with Crippen LogP contribution in [0, 0.1) is 0 Å². The van der Waals surface area contributed by atoms with Gasteiger partial charge in [0.25, 0.3) is 0 Å². The van der Waals surface area contributed by atoms with Gasteiger partial charge in [0.2, 0.25) is 0 Å². The molecule has 0 radical (unpaired) electrons. The molecule has 5 nitrogen and oxygen atoms in total. The first kappa shape index (κ1) is 14.6. The third-order valence-corrected chi connectivity index (χ3v) is 4.41. The van der Waals surface area contributed by atoms with E-state index in [1.54, 1.807) is 0 Å². The van der Waals surface area contributed by atoms with E-state index in [2.05, 4.69) is 24.0 Å². The molecule has 2 aliphatic rings. The Morgan fingerprint density at radius 3 is 2.52 bits per heavy atom. The van der Waals surface area contributed by atoms with Crippen molar-refractivity contribution < 1.29 is 14.2 Å². The number of benzene rings is 1. The summed E-state index contributed by atoms with van der Waals surface area (Å²) in [5, 5.41) is 0. The Labute approximate surface area is 126 Å². The highest BCUT2D eigenvalue weighted by atomic mass is 16.6. The van der Waals surface area contributed by atoms with Crippen LogP contribution in [-0.2, 0) is 11.2 Å². The van der Waals surface area contributed by atoms with Gasteiger partial charge in [0, 0.05) is 25.2 Å². The number of ether oxygens (including phenoxy) is 3. The molecule has 1 atom stereocenters. The normalized spacial score (nSPS) is 21.8. The number of morpholine rings is 1. The van der Waals surface area contributed by atoms with Crippen LogP contribution < -0.4 is 15.2 Å². The fourth-order valence-corrected chi connectivity index (χ4v) is 3.05. The van der Waals surface area contributed by atoms with Gasteiger partial charge in [-0.1, -0.05) is 6.07 Å². The molecule has 21 heavy (non-hydrogen) atoms. The van der Waals surface area contributed by atoms with Crippen LogP contribution in [0.15, 0.2) is 18.2 Å². The first-order valence-electron chi connectivity index (χ1n) is 7.63. The lowest BCUT2D eigenvalue weighted by Gasteiger charge is -2.43. The van der Waals surface area contributed by atoms with E-state index in [0.29, 0.717) is 19.8 Å². The zero-order valence-electron chi connectivity index (χ0n) is 12.6. The number of nitrogens with zero attached hydrogens (tertiary/aromatic N) is 1. The molecule has 1 fully saturated rings. The van der Waals surface area contributed by atoms with Gasteiger partial charge in [-0.3, -0.25) is 4.90 Å². The summed E-state index contributed by atoms with van der Waals surface area (Å²) in [6, 6.07) is 6.20. The summed E-state index contributed by atoms with van der Waals surface area (Å²) in [7, 11) is 0. The predicted octanol–water partition coefficient (Wildman–Crippen LogP) is 1.05. The third-order valence-electron chi connectivity index (χ3n) is 4.41. The Morgan fingerprint density at radius 2 is 1.81 bits per heavy atom. The highest BCUT2D eigenvalue weighted by molar-refractivity contribution is 5.44. The van der Waals surface area contributed by atoms with Crippen molar-refractivity contribution in [3.8, 4) is 11.5 Å². The molecule has 1 aromatic carbocycles. The summed E-state index contributed by atoms with van der Waals surface area (Å²) in [4.78, 5) is 2.44. The minimum Gasteiger partial charge on any atom is -0.486 e. The molecular weight excluding hydrogens is 268 g/mol. The summed E-state index contributed by atoms with van der Waals surface area (Å²) in [5.41, 5.74) is 7.27. The van der Waals surface area contributed by atoms with Gasteiger partial charge in [-0.2, -0.15) is 0 Å². The van der Waals surface area contributed by atoms with Crippen LogP contribution >= 0.6 is 0 Å². The number of rotatable bonds is 4. The maximum absolute atomic E-state index is 6.09. The lowest BCUT2D eigenvalue weighted by molar-refractivity contribution is -0.0132. The van der Waals surface area contributed by atoms with E-state index >= 15 is 0 Å². The molecule has 0 bridgehead atoms. The van der Waals surface area contributed by atoms with Crippen molar-refractivity contribution >= 4 is 0 Å². The second kappa shape index (κ2) is 6.22. The van der Waals surface area contributed by atoms with Crippen molar-refractivity contribution in [1.29, 1.82) is 0 Å². The molecule has 0 aliphatic carbocycles. The van der Waals surface area contributed by atoms with Gasteiger partial charge in [-0.15, -0.1) is 0 Å². The Hall–Kier alpha value is -1.30. The van der Waals surface area contributed by atoms with Gasteiger partial charge >= 0.3 is 0 Å². The monoisotopic (exact) mass is 292 g/mol. The number of hydrogen-bond acceptors (Lipinski definition) is 5. The highest BCUT2D eigenvalue weighted by Gasteiger charge is 2.32. The van der Waals surface area contributed by atoms with Crippen molar-refractivity contribution in [2.24, 2.45) is 5.73 Å². The van der Waals surface area contributed by atoms with Crippen LogP contribution in [0.2, 0.25) is 0 Å². The molecule has 2 N–H and O–H groups in total. The van der Waals surface area contributed by atoms with E-state index in [9.17, 15) is 0 Å². The largest absolute Gasteiger partial charge is 0.486 e. The molecule has 2 heterocycles. The third kappa shape index (κ3) is 3.15. The number of hydrogen-bond donors (Lipinski definition) is 1. The van der Waals surface area contributed by atoms with E-state index in [1.165, 1.54) is 5.56 Å². The zero-order valence-corrected chi connectivity index (χ0v) is 12.6. The maximum atomic E-state index is 6.09. The number of fused-ring (bicyclic) bond motifs is 1. The molecule has 5 heteroatoms. The Morgan fingerprint density at radius 1 is 1.10 bits per heavy atom. The zero-order chi connectivity index (χ0) is 14.7. The highest BCUT2D eigenvalue weighted by Crippen LogP contribution is 2.32. The Bertz CT molecular complexity index is 488. The molecule has 3 rings (SSSR count). The van der Waals surface area contributed by atoms with Crippen molar-refractivity contribution in [3.63, 3.8) is 0 Å². The van der Waals surface area contributed by atoms with Crippen LogP contribution in [0.1, 0.15) is 12.5 Å². The molecule has 0 aromatic heterocycles. The molecule has 1 saturated heterocycles. The second-order valence-electron chi connectivity index (χ2n) is 5.96. The summed E-state index contributed by atoms with van der Waals surface area (Å²) in [5.74, 6) is 1.69. The van der Waals surface area contributed by atoms with Crippen molar-refractivity contribution in [1.82, 2.24) is 4.90 Å². The van der Waals surface area contributed by atoms with E-state index in [1.807, 2.05) is 6.07 Å². The fraction of sp³-hybridized carbons (Fsp3) is 0.625. The van der Waals surface area contributed by atoms with E-state index in [4.69, 9.17) is 19.9 Å². The van der Waals surface area contributed by atoms with Gasteiger partial charge < -0.3 is 19.9 Å². The molecule has 1 unspecified atom stereocenters. The molecule has 1 aromatic rings. The van der Waals surface area contributed by atoms with Gasteiger partial charge in [-0.25, -0.2) is 0 Å². The average Bonchev–Trinajstić information content (AvgIpc) is 2.55. The second-order valence-corrected chi connectivity index (χ2v) is 5.96. The first-order valence-corrected chi connectivity index (χ1v) is 7.63. The van der Waals surface area contributed by atoms with Crippen LogP contribution in [0.3, 0.4) is 0 Å². The summed E-state index contributed by atoms with van der Waals surface area (Å²) >= 11 is 0. The van der Waals surface area contributed by atoms with E-state index in [-0.39, 0.29) is 5.54 Å². The van der Waals surface area contributed by atoms with Crippen molar-refractivity contribution in [3.05, 3.63) is 23.8 Å². The van der Waals surface area contributed by atoms with Crippen LogP contribution in [0.5, 0.6) is 11.5 Å². The molecule has 0 amide bonds. The Balaban J connectivity index is 1.76. The molecular formula is C16H24N2O3. The summed E-state index contributed by atoms with van der Waals surface area (Å²) in [6.07, 6.45) is 0.903. The quantitative estimate of drug-likeness (QED) is 0.899. The summed E-state index contributed by atoms with van der Waals surface area (Å²) < 4.78 is 16.7. The fourth-order valence-electron chi connectivity index (χ4n) is 3.05.